The Labute approximate surface area is 114 Å². The highest BCUT2D eigenvalue weighted by Gasteiger charge is 2.23. The number of aryl methyl sites for hydroxylation is 2. The van der Waals surface area contributed by atoms with Crippen molar-refractivity contribution < 1.29 is 8.42 Å². The molecule has 1 heterocycles. The van der Waals surface area contributed by atoms with Gasteiger partial charge in [0.2, 0.25) is 10.0 Å². The molecule has 1 rings (SSSR count). The van der Waals surface area contributed by atoms with E-state index in [4.69, 9.17) is 11.6 Å². The largest absolute Gasteiger partial charge is 0.271 e. The minimum atomic E-state index is -3.50. The summed E-state index contributed by atoms with van der Waals surface area (Å²) in [5, 5.41) is 4.11. The van der Waals surface area contributed by atoms with Crippen LogP contribution in [-0.2, 0) is 17.1 Å². The lowest BCUT2D eigenvalue weighted by Gasteiger charge is -2.09. The van der Waals surface area contributed by atoms with Crippen LogP contribution in [0, 0.1) is 13.8 Å². The van der Waals surface area contributed by atoms with Crippen LogP contribution in [0.5, 0.6) is 0 Å². The van der Waals surface area contributed by atoms with Gasteiger partial charge in [0, 0.05) is 19.0 Å². The predicted molar refractivity (Wildman–Crippen MR) is 72.4 cm³/mol. The van der Waals surface area contributed by atoms with Crippen molar-refractivity contribution >= 4 is 21.6 Å². The molecular formula is C11H20ClN3O2S. The van der Waals surface area contributed by atoms with E-state index in [0.717, 1.165) is 6.42 Å². The molecule has 0 aromatic carbocycles. The molecule has 1 aromatic rings. The Hall–Kier alpha value is -0.590. The van der Waals surface area contributed by atoms with E-state index in [1.807, 2.05) is 6.92 Å². The second-order valence-electron chi connectivity index (χ2n) is 4.32. The summed E-state index contributed by atoms with van der Waals surface area (Å²) in [6.07, 6.45) is 1.45. The van der Waals surface area contributed by atoms with Gasteiger partial charge in [-0.25, -0.2) is 13.1 Å². The fraction of sp³-hybridized carbons (Fsp3) is 0.727. The van der Waals surface area contributed by atoms with Gasteiger partial charge in [-0.3, -0.25) is 4.68 Å². The first-order valence-corrected chi connectivity index (χ1v) is 7.85. The maximum absolute atomic E-state index is 12.1. The Morgan fingerprint density at radius 1 is 1.44 bits per heavy atom. The maximum atomic E-state index is 12.1. The third-order valence-corrected chi connectivity index (χ3v) is 5.14. The number of hydrogen-bond donors (Lipinski definition) is 1. The van der Waals surface area contributed by atoms with Crippen LogP contribution in [0.15, 0.2) is 4.90 Å². The molecule has 0 saturated carbocycles. The molecule has 1 unspecified atom stereocenters. The van der Waals surface area contributed by atoms with Crippen molar-refractivity contribution in [3.8, 4) is 0 Å². The highest BCUT2D eigenvalue weighted by molar-refractivity contribution is 7.89. The van der Waals surface area contributed by atoms with Crippen molar-refractivity contribution in [2.24, 2.45) is 7.05 Å². The average molecular weight is 294 g/mol. The zero-order chi connectivity index (χ0) is 13.9. The maximum Gasteiger partial charge on any atom is 0.244 e. The first-order valence-electron chi connectivity index (χ1n) is 5.93. The second kappa shape index (κ2) is 6.04. The fourth-order valence-corrected chi connectivity index (χ4v) is 3.36. The molecule has 0 fully saturated rings. The van der Waals surface area contributed by atoms with Crippen molar-refractivity contribution in [1.82, 2.24) is 14.5 Å². The summed E-state index contributed by atoms with van der Waals surface area (Å²) in [5.74, 6) is 0. The smallest absolute Gasteiger partial charge is 0.244 e. The number of aromatic nitrogens is 2. The van der Waals surface area contributed by atoms with Gasteiger partial charge in [0.25, 0.3) is 0 Å². The highest BCUT2D eigenvalue weighted by atomic mass is 35.5. The summed E-state index contributed by atoms with van der Waals surface area (Å²) in [6.45, 7) is 5.75. The van der Waals surface area contributed by atoms with Gasteiger partial charge in [-0.15, -0.1) is 11.6 Å². The topological polar surface area (TPSA) is 64.0 Å². The van der Waals surface area contributed by atoms with Crippen LogP contribution in [0.3, 0.4) is 0 Å². The Kier molecular flexibility index (Phi) is 5.19. The molecule has 1 aromatic heterocycles. The van der Waals surface area contributed by atoms with E-state index < -0.39 is 10.0 Å². The number of nitrogens with zero attached hydrogens (tertiary/aromatic N) is 2. The minimum absolute atomic E-state index is 0.00351. The molecule has 0 bridgehead atoms. The fourth-order valence-electron chi connectivity index (χ4n) is 1.77. The number of hydrogen-bond acceptors (Lipinski definition) is 3. The molecule has 1 atom stereocenters. The highest BCUT2D eigenvalue weighted by Crippen LogP contribution is 2.18. The Bertz CT molecular complexity index is 511. The molecule has 7 heteroatoms. The van der Waals surface area contributed by atoms with E-state index in [-0.39, 0.29) is 10.3 Å². The summed E-state index contributed by atoms with van der Waals surface area (Å²) in [4.78, 5) is 0.271. The van der Waals surface area contributed by atoms with Gasteiger partial charge < -0.3 is 0 Å². The molecule has 0 aliphatic carbocycles. The molecule has 18 heavy (non-hydrogen) atoms. The lowest BCUT2D eigenvalue weighted by atomic mass is 10.2. The minimum Gasteiger partial charge on any atom is -0.271 e. The van der Waals surface area contributed by atoms with Crippen LogP contribution < -0.4 is 4.72 Å². The number of halogens is 1. The molecule has 0 aliphatic heterocycles. The van der Waals surface area contributed by atoms with Gasteiger partial charge in [0.1, 0.15) is 4.90 Å². The number of sulfonamides is 1. The molecular weight excluding hydrogens is 274 g/mol. The van der Waals surface area contributed by atoms with E-state index >= 15 is 0 Å². The van der Waals surface area contributed by atoms with Crippen LogP contribution in [0.25, 0.3) is 0 Å². The number of alkyl halides is 1. The van der Waals surface area contributed by atoms with E-state index in [2.05, 4.69) is 9.82 Å². The third-order valence-electron chi connectivity index (χ3n) is 2.90. The summed E-state index contributed by atoms with van der Waals surface area (Å²) >= 11 is 5.96. The molecule has 0 saturated heterocycles. The van der Waals surface area contributed by atoms with Gasteiger partial charge in [-0.1, -0.05) is 6.92 Å². The number of rotatable bonds is 6. The van der Waals surface area contributed by atoms with Gasteiger partial charge in [0.05, 0.1) is 11.4 Å². The van der Waals surface area contributed by atoms with E-state index in [9.17, 15) is 8.42 Å². The summed E-state index contributed by atoms with van der Waals surface area (Å²) < 4.78 is 28.4. The zero-order valence-electron chi connectivity index (χ0n) is 11.2. The Morgan fingerprint density at radius 3 is 2.50 bits per heavy atom. The quantitative estimate of drug-likeness (QED) is 0.812. The zero-order valence-corrected chi connectivity index (χ0v) is 12.8. The molecule has 0 radical (unpaired) electrons. The van der Waals surface area contributed by atoms with Gasteiger partial charge >= 0.3 is 0 Å². The average Bonchev–Trinajstić information content (AvgIpc) is 2.52. The van der Waals surface area contributed by atoms with E-state index in [0.29, 0.717) is 24.4 Å². The van der Waals surface area contributed by atoms with Crippen LogP contribution in [0.1, 0.15) is 31.2 Å². The van der Waals surface area contributed by atoms with E-state index in [1.165, 1.54) is 0 Å². The van der Waals surface area contributed by atoms with Crippen LogP contribution in [-0.4, -0.2) is 30.1 Å². The third kappa shape index (κ3) is 3.46. The van der Waals surface area contributed by atoms with Crippen LogP contribution in [0.4, 0.5) is 0 Å². The van der Waals surface area contributed by atoms with Crippen LogP contribution >= 0.6 is 11.6 Å². The van der Waals surface area contributed by atoms with Crippen molar-refractivity contribution in [2.45, 2.75) is 43.9 Å². The first-order chi connectivity index (χ1) is 8.29. The molecule has 0 spiro atoms. The Balaban J connectivity index is 2.81. The standard InChI is InChI=1S/C11H20ClN3O2S/c1-5-10(12)6-7-13-18(16,17)11-8(2)14-15(4)9(11)3/h10,13H,5-7H2,1-4H3. The monoisotopic (exact) mass is 293 g/mol. The lowest BCUT2D eigenvalue weighted by Crippen LogP contribution is -2.27. The van der Waals surface area contributed by atoms with Crippen molar-refractivity contribution in [3.63, 3.8) is 0 Å². The molecule has 5 nitrogen and oxygen atoms in total. The number of nitrogens with one attached hydrogen (secondary N) is 1. The summed E-state index contributed by atoms with van der Waals surface area (Å²) in [7, 11) is -1.77. The molecule has 104 valence electrons. The molecule has 1 N–H and O–H groups in total. The normalized spacial score (nSPS) is 13.8. The van der Waals surface area contributed by atoms with Gasteiger partial charge in [0.15, 0.2) is 0 Å². The lowest BCUT2D eigenvalue weighted by molar-refractivity contribution is 0.575. The van der Waals surface area contributed by atoms with Gasteiger partial charge in [-0.2, -0.15) is 5.10 Å². The predicted octanol–water partition coefficient (Wildman–Crippen LogP) is 1.72. The molecule has 0 amide bonds. The molecule has 0 aliphatic rings. The summed E-state index contributed by atoms with van der Waals surface area (Å²) in [5.41, 5.74) is 1.15. The van der Waals surface area contributed by atoms with Gasteiger partial charge in [-0.05, 0) is 26.7 Å². The van der Waals surface area contributed by atoms with Crippen LogP contribution in [0.2, 0.25) is 0 Å². The first kappa shape index (κ1) is 15.5. The van der Waals surface area contributed by atoms with E-state index in [1.54, 1.807) is 25.6 Å². The second-order valence-corrected chi connectivity index (χ2v) is 6.64. The van der Waals surface area contributed by atoms with Crippen molar-refractivity contribution in [3.05, 3.63) is 11.4 Å². The Morgan fingerprint density at radius 2 is 2.06 bits per heavy atom. The van der Waals surface area contributed by atoms with Crippen molar-refractivity contribution in [1.29, 1.82) is 0 Å². The SMILES string of the molecule is CCC(Cl)CCNS(=O)(=O)c1c(C)nn(C)c1C. The summed E-state index contributed by atoms with van der Waals surface area (Å²) in [6, 6.07) is 0. The van der Waals surface area contributed by atoms with Crippen molar-refractivity contribution in [2.75, 3.05) is 6.54 Å².